The van der Waals surface area contributed by atoms with E-state index in [1.54, 1.807) is 19.2 Å². The van der Waals surface area contributed by atoms with Crippen LogP contribution in [0, 0.1) is 12.8 Å². The van der Waals surface area contributed by atoms with Crippen LogP contribution in [0.5, 0.6) is 0 Å². The molecule has 0 saturated heterocycles. The molecule has 13 heteroatoms. The number of amides is 1. The minimum atomic E-state index is -1.70. The molecule has 0 aliphatic heterocycles. The lowest BCUT2D eigenvalue weighted by Gasteiger charge is -2.47. The maximum Gasteiger partial charge on any atom is 0.228 e. The zero-order valence-electron chi connectivity index (χ0n) is 19.6. The Morgan fingerprint density at radius 1 is 1.03 bits per heavy atom. The predicted octanol–water partition coefficient (Wildman–Crippen LogP) is 1.21. The highest BCUT2D eigenvalue weighted by Gasteiger charge is 2.35. The monoisotopic (exact) mass is 453 g/mol. The first-order valence-electron chi connectivity index (χ1n) is 11.4. The van der Waals surface area contributed by atoms with Crippen LogP contribution in [0.4, 0.5) is 5.82 Å². The largest absolute Gasteiger partial charge is 0.441 e. The van der Waals surface area contributed by atoms with Gasteiger partial charge in [0.1, 0.15) is 0 Å². The molecular weight excluding hydrogens is 431 g/mol. The Bertz CT molecular complexity index is 1190. The molecule has 0 unspecified atom stereocenters. The highest BCUT2D eigenvalue weighted by molar-refractivity contribution is 6.64. The van der Waals surface area contributed by atoms with E-state index in [0.29, 0.717) is 48.7 Å². The molecule has 3 aromatic rings. The Balaban J connectivity index is 1.38. The molecular formula is C22H21B6N5O2. The first-order chi connectivity index (χ1) is 16.4. The van der Waals surface area contributed by atoms with Gasteiger partial charge in [-0.1, -0.05) is 0 Å². The molecule has 0 spiro atoms. The quantitative estimate of drug-likeness (QED) is 0.524. The lowest BCUT2D eigenvalue weighted by Crippen LogP contribution is -2.55. The van der Waals surface area contributed by atoms with E-state index in [-0.39, 0.29) is 17.9 Å². The zero-order valence-corrected chi connectivity index (χ0v) is 19.6. The summed E-state index contributed by atoms with van der Waals surface area (Å²) in [4.78, 5) is 17.0. The molecule has 4 rings (SSSR count). The number of aromatic nitrogens is 3. The van der Waals surface area contributed by atoms with Crippen LogP contribution in [0.15, 0.2) is 34.9 Å². The van der Waals surface area contributed by atoms with Gasteiger partial charge in [-0.05, 0) is 56.0 Å². The van der Waals surface area contributed by atoms with E-state index in [2.05, 4.69) is 25.8 Å². The van der Waals surface area contributed by atoms with Crippen molar-refractivity contribution in [1.29, 1.82) is 0 Å². The fourth-order valence-corrected chi connectivity index (χ4v) is 4.46. The smallest absolute Gasteiger partial charge is 0.228 e. The van der Waals surface area contributed by atoms with Crippen LogP contribution in [0.2, 0.25) is 10.2 Å². The molecule has 0 atom stereocenters. The average molecular weight is 452 g/mol. The summed E-state index contributed by atoms with van der Waals surface area (Å²) in [6.45, 7) is 1.79. The predicted molar refractivity (Wildman–Crippen MR) is 141 cm³/mol. The molecule has 1 aromatic carbocycles. The summed E-state index contributed by atoms with van der Waals surface area (Å²) in [6.07, 6.45) is 4.27. The highest BCUT2D eigenvalue weighted by Crippen LogP contribution is 2.34. The SMILES string of the molecule is [B]C([B])([B])C(NC1CCC(C(=O)Nc2cc3cc(-c4cnc(C)o4)ccc3nn2)CC1)C([B])([B])[B]. The molecule has 1 saturated carbocycles. The van der Waals surface area contributed by atoms with Gasteiger partial charge in [-0.15, -0.1) is 20.4 Å². The minimum Gasteiger partial charge on any atom is -0.441 e. The first kappa shape index (κ1) is 25.7. The molecule has 2 N–H and O–H groups in total. The summed E-state index contributed by atoms with van der Waals surface area (Å²) in [5.74, 6) is 1.32. The molecule has 0 bridgehead atoms. The van der Waals surface area contributed by atoms with Crippen LogP contribution in [0.3, 0.4) is 0 Å². The van der Waals surface area contributed by atoms with E-state index in [0.717, 1.165) is 10.9 Å². The molecule has 2 heterocycles. The van der Waals surface area contributed by atoms with E-state index in [9.17, 15) is 4.79 Å². The number of hydrogen-bond acceptors (Lipinski definition) is 6. The maximum atomic E-state index is 12.9. The van der Waals surface area contributed by atoms with Crippen molar-refractivity contribution in [3.05, 3.63) is 36.4 Å². The van der Waals surface area contributed by atoms with Crippen LogP contribution in [-0.2, 0) is 4.79 Å². The van der Waals surface area contributed by atoms with Crippen molar-refractivity contribution in [1.82, 2.24) is 20.5 Å². The summed E-state index contributed by atoms with van der Waals surface area (Å²) >= 11 is 0. The summed E-state index contributed by atoms with van der Waals surface area (Å²) < 4.78 is 5.60. The second-order valence-corrected chi connectivity index (χ2v) is 9.38. The number of carbonyl (C=O) groups excluding carboxylic acids is 1. The van der Waals surface area contributed by atoms with E-state index >= 15 is 0 Å². The van der Waals surface area contributed by atoms with Gasteiger partial charge >= 0.3 is 0 Å². The van der Waals surface area contributed by atoms with Crippen molar-refractivity contribution < 1.29 is 9.21 Å². The van der Waals surface area contributed by atoms with E-state index in [1.807, 2.05) is 18.2 Å². The lowest BCUT2D eigenvalue weighted by molar-refractivity contribution is -0.120. The molecule has 1 fully saturated rings. The van der Waals surface area contributed by atoms with Crippen molar-refractivity contribution in [2.75, 3.05) is 5.32 Å². The number of aryl methyl sites for hydroxylation is 1. The van der Waals surface area contributed by atoms with Crippen LogP contribution in [-0.4, -0.2) is 80.2 Å². The average Bonchev–Trinajstić information content (AvgIpc) is 3.22. The number of carbonyl (C=O) groups is 1. The number of rotatable bonds is 7. The van der Waals surface area contributed by atoms with Gasteiger partial charge < -0.3 is 15.1 Å². The number of anilines is 1. The normalized spacial score (nSPS) is 19.1. The van der Waals surface area contributed by atoms with E-state index in [4.69, 9.17) is 51.5 Å². The number of oxazole rings is 1. The minimum absolute atomic E-state index is 0.0345. The van der Waals surface area contributed by atoms with Crippen LogP contribution < -0.4 is 10.6 Å². The Morgan fingerprint density at radius 2 is 1.71 bits per heavy atom. The molecule has 1 aliphatic rings. The molecule has 7 nitrogen and oxygen atoms in total. The van der Waals surface area contributed by atoms with Crippen molar-refractivity contribution >= 4 is 69.7 Å². The van der Waals surface area contributed by atoms with Gasteiger partial charge in [0.2, 0.25) is 5.91 Å². The number of fused-ring (bicyclic) bond motifs is 1. The maximum absolute atomic E-state index is 12.9. The summed E-state index contributed by atoms with van der Waals surface area (Å²) in [5, 5.41) is 11.8. The van der Waals surface area contributed by atoms with Crippen molar-refractivity contribution in [2.45, 2.75) is 54.9 Å². The van der Waals surface area contributed by atoms with Crippen LogP contribution >= 0.6 is 0 Å². The van der Waals surface area contributed by atoms with Gasteiger partial charge in [0, 0.05) is 29.8 Å². The van der Waals surface area contributed by atoms with Gasteiger partial charge in [-0.2, -0.15) is 0 Å². The highest BCUT2D eigenvalue weighted by atomic mass is 16.4. The fraction of sp³-hybridized carbons (Fsp3) is 0.455. The second kappa shape index (κ2) is 9.92. The van der Waals surface area contributed by atoms with Crippen molar-refractivity contribution in [3.63, 3.8) is 0 Å². The zero-order chi connectivity index (χ0) is 25.4. The Morgan fingerprint density at radius 3 is 2.31 bits per heavy atom. The van der Waals surface area contributed by atoms with Crippen molar-refractivity contribution in [3.8, 4) is 11.3 Å². The summed E-state index contributed by atoms with van der Waals surface area (Å²) in [5.41, 5.74) is 1.57. The number of hydrogen-bond donors (Lipinski definition) is 2. The van der Waals surface area contributed by atoms with E-state index in [1.165, 1.54) is 0 Å². The molecule has 12 radical (unpaired) electrons. The van der Waals surface area contributed by atoms with Crippen LogP contribution in [0.25, 0.3) is 22.2 Å². The summed E-state index contributed by atoms with van der Waals surface area (Å²) in [6, 6.07) is 6.49. The van der Waals surface area contributed by atoms with Gasteiger partial charge in [0.15, 0.2) is 17.5 Å². The van der Waals surface area contributed by atoms with E-state index < -0.39 is 16.3 Å². The third-order valence-electron chi connectivity index (χ3n) is 6.24. The third-order valence-corrected chi connectivity index (χ3v) is 6.24. The van der Waals surface area contributed by atoms with Gasteiger partial charge in [-0.25, -0.2) is 4.98 Å². The second-order valence-electron chi connectivity index (χ2n) is 9.38. The van der Waals surface area contributed by atoms with Gasteiger partial charge in [0.25, 0.3) is 0 Å². The third kappa shape index (κ3) is 6.24. The standard InChI is InChI=1S/C22H21B6N5O2/c1-11-29-10-17(35-11)13-4-7-16-14(8-13)9-18(33-32-16)31-19(34)12-2-5-15(6-3-12)30-20(21(23,24)25)22(26,27)28/h4,7-10,12,15,20,30H,2-3,5-6H2,1H3,(H,31,33,34). The number of nitrogens with zero attached hydrogens (tertiary/aromatic N) is 3. The molecule has 2 aromatic heterocycles. The fourth-order valence-electron chi connectivity index (χ4n) is 4.46. The van der Waals surface area contributed by atoms with Crippen LogP contribution in [0.1, 0.15) is 31.6 Å². The topological polar surface area (TPSA) is 92.9 Å². The number of benzene rings is 1. The Hall–Kier alpha value is -2.41. The van der Waals surface area contributed by atoms with Gasteiger partial charge in [0.05, 0.1) is 58.8 Å². The Kier molecular flexibility index (Phi) is 7.28. The van der Waals surface area contributed by atoms with Crippen molar-refractivity contribution in [2.24, 2.45) is 5.92 Å². The number of nitrogens with one attached hydrogen (secondary N) is 2. The van der Waals surface area contributed by atoms with Gasteiger partial charge in [-0.3, -0.25) is 4.79 Å². The summed E-state index contributed by atoms with van der Waals surface area (Å²) in [7, 11) is 34.8. The Labute approximate surface area is 213 Å². The molecule has 1 amide bonds. The first-order valence-corrected chi connectivity index (χ1v) is 11.4. The lowest BCUT2D eigenvalue weighted by atomic mass is 9.27. The molecule has 35 heavy (non-hydrogen) atoms. The molecule has 164 valence electrons. The molecule has 1 aliphatic carbocycles.